The summed E-state index contributed by atoms with van der Waals surface area (Å²) < 4.78 is 45.6. The molecule has 0 saturated heterocycles. The summed E-state index contributed by atoms with van der Waals surface area (Å²) in [5, 5.41) is 0. The average Bonchev–Trinajstić information content (AvgIpc) is 2.91. The SMILES string of the molecule is CCCCCC1CCC(CCC2CCC(C3CCC(C4CCC(CCC)CC4)C(F)[C@H]3F)CC2)C[C@H]1F. The number of hydrogen-bond donors (Lipinski definition) is 0. The van der Waals surface area contributed by atoms with Crippen LogP contribution in [-0.4, -0.2) is 18.5 Å². The standard InChI is InChI=1S/C34H59F3/c1-3-5-6-8-29-20-15-26(23-32(29)35)10-9-25-13-18-28(19-14-25)31-22-21-30(33(36)34(31)37)27-16-11-24(7-4-2)12-17-27/h24-34H,3-23H2,1-2H3/t24?,25?,26?,27?,28?,29?,30?,31?,32-,33?,34+/m1/s1. The van der Waals surface area contributed by atoms with Gasteiger partial charge in [0.1, 0.15) is 18.5 Å². The molecule has 4 rings (SSSR count). The third-order valence-corrected chi connectivity index (χ3v) is 11.8. The van der Waals surface area contributed by atoms with E-state index >= 15 is 8.78 Å². The molecule has 0 spiro atoms. The molecule has 37 heavy (non-hydrogen) atoms. The molecule has 0 aromatic rings. The van der Waals surface area contributed by atoms with Gasteiger partial charge in [-0.25, -0.2) is 13.2 Å². The lowest BCUT2D eigenvalue weighted by atomic mass is 9.63. The summed E-state index contributed by atoms with van der Waals surface area (Å²) in [5.74, 6) is 3.20. The van der Waals surface area contributed by atoms with Crippen molar-refractivity contribution in [1.29, 1.82) is 0 Å². The topological polar surface area (TPSA) is 0 Å². The molecule has 0 nitrogen and oxygen atoms in total. The summed E-state index contributed by atoms with van der Waals surface area (Å²) in [4.78, 5) is 0. The summed E-state index contributed by atoms with van der Waals surface area (Å²) in [6.07, 6.45) is 20.9. The third-order valence-electron chi connectivity index (χ3n) is 11.8. The van der Waals surface area contributed by atoms with Gasteiger partial charge in [0.15, 0.2) is 0 Å². The maximum atomic E-state index is 15.5. The highest BCUT2D eigenvalue weighted by molar-refractivity contribution is 4.95. The Morgan fingerprint density at radius 1 is 0.486 bits per heavy atom. The Balaban J connectivity index is 1.14. The summed E-state index contributed by atoms with van der Waals surface area (Å²) in [6.45, 7) is 4.48. The lowest BCUT2D eigenvalue weighted by Gasteiger charge is -2.45. The van der Waals surface area contributed by atoms with Crippen LogP contribution in [-0.2, 0) is 0 Å². The normalized spacial score (nSPS) is 43.5. The Morgan fingerprint density at radius 3 is 1.51 bits per heavy atom. The highest BCUT2D eigenvalue weighted by atomic mass is 19.2. The van der Waals surface area contributed by atoms with Crippen LogP contribution >= 0.6 is 0 Å². The second kappa shape index (κ2) is 15.0. The van der Waals surface area contributed by atoms with Gasteiger partial charge < -0.3 is 0 Å². The second-order valence-electron chi connectivity index (χ2n) is 14.2. The average molecular weight is 525 g/mol. The van der Waals surface area contributed by atoms with E-state index in [1.54, 1.807) is 0 Å². The van der Waals surface area contributed by atoms with E-state index in [-0.39, 0.29) is 11.8 Å². The van der Waals surface area contributed by atoms with Crippen LogP contribution in [0.3, 0.4) is 0 Å². The molecule has 4 aliphatic rings. The minimum absolute atomic E-state index is 0.0220. The Bertz CT molecular complexity index is 621. The van der Waals surface area contributed by atoms with Crippen molar-refractivity contribution in [3.05, 3.63) is 0 Å². The quantitative estimate of drug-likeness (QED) is 0.236. The van der Waals surface area contributed by atoms with Crippen LogP contribution in [0, 0.1) is 47.3 Å². The molecule has 216 valence electrons. The van der Waals surface area contributed by atoms with E-state index in [1.807, 2.05) is 0 Å². The maximum absolute atomic E-state index is 15.5. The first-order valence-corrected chi connectivity index (χ1v) is 16.9. The van der Waals surface area contributed by atoms with Crippen LogP contribution < -0.4 is 0 Å². The molecule has 4 fully saturated rings. The fourth-order valence-corrected chi connectivity index (χ4v) is 9.36. The second-order valence-corrected chi connectivity index (χ2v) is 14.2. The van der Waals surface area contributed by atoms with Gasteiger partial charge in [-0.2, -0.15) is 0 Å². The fourth-order valence-electron chi connectivity index (χ4n) is 9.36. The van der Waals surface area contributed by atoms with Gasteiger partial charge >= 0.3 is 0 Å². The molecule has 0 aromatic heterocycles. The number of rotatable bonds is 11. The first-order chi connectivity index (χ1) is 18.0. The molecule has 3 heteroatoms. The molecule has 0 heterocycles. The van der Waals surface area contributed by atoms with Crippen molar-refractivity contribution >= 4 is 0 Å². The van der Waals surface area contributed by atoms with Crippen LogP contribution in [0.4, 0.5) is 13.2 Å². The predicted octanol–water partition coefficient (Wildman–Crippen LogP) is 11.2. The van der Waals surface area contributed by atoms with Crippen LogP contribution in [0.15, 0.2) is 0 Å². The number of alkyl halides is 3. The first kappa shape index (κ1) is 29.8. The van der Waals surface area contributed by atoms with Gasteiger partial charge in [0, 0.05) is 0 Å². The lowest BCUT2D eigenvalue weighted by Crippen LogP contribution is -2.45. The van der Waals surface area contributed by atoms with Crippen molar-refractivity contribution in [2.45, 2.75) is 167 Å². The van der Waals surface area contributed by atoms with E-state index in [4.69, 9.17) is 0 Å². The van der Waals surface area contributed by atoms with Gasteiger partial charge in [-0.05, 0) is 112 Å². The summed E-state index contributed by atoms with van der Waals surface area (Å²) >= 11 is 0. The van der Waals surface area contributed by atoms with Gasteiger partial charge in [0.2, 0.25) is 0 Å². The molecule has 4 saturated carbocycles. The minimum Gasteiger partial charge on any atom is -0.247 e. The molecule has 0 amide bonds. The van der Waals surface area contributed by atoms with Crippen molar-refractivity contribution in [3.63, 3.8) is 0 Å². The van der Waals surface area contributed by atoms with E-state index in [9.17, 15) is 4.39 Å². The molecule has 0 aromatic carbocycles. The Hall–Kier alpha value is -0.210. The number of halogens is 3. The summed E-state index contributed by atoms with van der Waals surface area (Å²) in [5.41, 5.74) is 0. The van der Waals surface area contributed by atoms with Gasteiger partial charge in [-0.15, -0.1) is 0 Å². The molecule has 0 aliphatic heterocycles. The molecule has 7 atom stereocenters. The largest absolute Gasteiger partial charge is 0.247 e. The van der Waals surface area contributed by atoms with E-state index in [2.05, 4.69) is 13.8 Å². The molecule has 4 aliphatic carbocycles. The van der Waals surface area contributed by atoms with Crippen LogP contribution in [0.1, 0.15) is 149 Å². The van der Waals surface area contributed by atoms with E-state index in [1.165, 1.54) is 77.0 Å². The number of unbranched alkanes of at least 4 members (excludes halogenated alkanes) is 2. The highest BCUT2D eigenvalue weighted by Crippen LogP contribution is 2.49. The summed E-state index contributed by atoms with van der Waals surface area (Å²) in [7, 11) is 0. The monoisotopic (exact) mass is 524 g/mol. The molecule has 0 bridgehead atoms. The molecular formula is C34H59F3. The zero-order chi connectivity index (χ0) is 26.2. The molecular weight excluding hydrogens is 465 g/mol. The van der Waals surface area contributed by atoms with E-state index in [0.29, 0.717) is 23.7 Å². The van der Waals surface area contributed by atoms with Crippen molar-refractivity contribution in [3.8, 4) is 0 Å². The minimum atomic E-state index is -1.23. The molecule has 0 N–H and O–H groups in total. The zero-order valence-corrected chi connectivity index (χ0v) is 24.3. The summed E-state index contributed by atoms with van der Waals surface area (Å²) in [6, 6.07) is 0. The predicted molar refractivity (Wildman–Crippen MR) is 151 cm³/mol. The third kappa shape index (κ3) is 8.15. The van der Waals surface area contributed by atoms with Crippen LogP contribution in [0.5, 0.6) is 0 Å². The van der Waals surface area contributed by atoms with Crippen molar-refractivity contribution in [2.75, 3.05) is 0 Å². The molecule has 0 radical (unpaired) electrons. The fraction of sp³-hybridized carbons (Fsp3) is 1.00. The van der Waals surface area contributed by atoms with Gasteiger partial charge in [-0.1, -0.05) is 84.5 Å². The van der Waals surface area contributed by atoms with E-state index in [0.717, 1.165) is 69.6 Å². The van der Waals surface area contributed by atoms with Gasteiger partial charge in [-0.3, -0.25) is 0 Å². The smallest absolute Gasteiger partial charge is 0.134 e. The van der Waals surface area contributed by atoms with Crippen molar-refractivity contribution < 1.29 is 13.2 Å². The van der Waals surface area contributed by atoms with Crippen molar-refractivity contribution in [1.82, 2.24) is 0 Å². The molecule has 5 unspecified atom stereocenters. The van der Waals surface area contributed by atoms with Crippen molar-refractivity contribution in [2.24, 2.45) is 47.3 Å². The number of hydrogen-bond acceptors (Lipinski definition) is 0. The van der Waals surface area contributed by atoms with Crippen LogP contribution in [0.25, 0.3) is 0 Å². The van der Waals surface area contributed by atoms with Crippen LogP contribution in [0.2, 0.25) is 0 Å². The van der Waals surface area contributed by atoms with E-state index < -0.39 is 18.5 Å². The Morgan fingerprint density at radius 2 is 1.00 bits per heavy atom. The highest BCUT2D eigenvalue weighted by Gasteiger charge is 2.46. The van der Waals surface area contributed by atoms with Gasteiger partial charge in [0.05, 0.1) is 0 Å². The Labute approximate surface area is 227 Å². The van der Waals surface area contributed by atoms with Gasteiger partial charge in [0.25, 0.3) is 0 Å². The Kier molecular flexibility index (Phi) is 12.0. The zero-order valence-electron chi connectivity index (χ0n) is 24.3. The first-order valence-electron chi connectivity index (χ1n) is 16.9. The maximum Gasteiger partial charge on any atom is 0.134 e. The lowest BCUT2D eigenvalue weighted by molar-refractivity contribution is -0.0372.